The molecule has 168 valence electrons. The molecule has 0 atom stereocenters. The first-order valence-electron chi connectivity index (χ1n) is 10.0. The number of carbonyl (C=O) groups excluding carboxylic acids is 1. The Balaban J connectivity index is 1.71. The zero-order chi connectivity index (χ0) is 22.5. The number of methoxy groups -OCH3 is 1. The van der Waals surface area contributed by atoms with E-state index in [-0.39, 0.29) is 38.2 Å². The van der Waals surface area contributed by atoms with Gasteiger partial charge in [0.05, 0.1) is 37.2 Å². The van der Waals surface area contributed by atoms with Crippen LogP contribution in [-0.2, 0) is 21.3 Å². The quantitative estimate of drug-likeness (QED) is 0.545. The second-order valence-corrected chi connectivity index (χ2v) is 9.60. The van der Waals surface area contributed by atoms with E-state index in [0.717, 1.165) is 0 Å². The zero-order valence-corrected chi connectivity index (χ0v) is 18.2. The predicted octanol–water partition coefficient (Wildman–Crippen LogP) is 3.54. The van der Waals surface area contributed by atoms with E-state index < -0.39 is 21.9 Å². The molecular formula is C22H26F2N2O4S. The van der Waals surface area contributed by atoms with Crippen LogP contribution in [0.1, 0.15) is 28.8 Å². The summed E-state index contributed by atoms with van der Waals surface area (Å²) in [7, 11) is -2.40. The largest absolute Gasteiger partial charge is 0.465 e. The summed E-state index contributed by atoms with van der Waals surface area (Å²) in [5, 5.41) is 0. The van der Waals surface area contributed by atoms with Crippen LogP contribution in [0.5, 0.6) is 0 Å². The van der Waals surface area contributed by atoms with Crippen LogP contribution in [0.25, 0.3) is 0 Å². The van der Waals surface area contributed by atoms with Gasteiger partial charge in [0.15, 0.2) is 0 Å². The number of alkyl halides is 2. The van der Waals surface area contributed by atoms with Gasteiger partial charge in [-0.2, -0.15) is 0 Å². The standard InChI is InChI=1S/C22H26F2N2O4S/c1-30-21(27)19-10-8-18(9-11-19)16-26(20-6-3-2-4-7-20)31(28,29)15-5-13-25-14-12-22(23,24)17-25/h2-4,6-11H,5,12-17H2,1H3. The minimum Gasteiger partial charge on any atom is -0.465 e. The fourth-order valence-electron chi connectivity index (χ4n) is 3.55. The van der Waals surface area contributed by atoms with Gasteiger partial charge in [0.25, 0.3) is 5.92 Å². The lowest BCUT2D eigenvalue weighted by atomic mass is 10.1. The Bertz CT molecular complexity index is 982. The molecule has 1 aliphatic heterocycles. The van der Waals surface area contributed by atoms with Crippen LogP contribution in [0.3, 0.4) is 0 Å². The molecular weight excluding hydrogens is 426 g/mol. The van der Waals surface area contributed by atoms with E-state index in [1.165, 1.54) is 11.4 Å². The second-order valence-electron chi connectivity index (χ2n) is 7.58. The number of rotatable bonds is 9. The number of benzene rings is 2. The van der Waals surface area contributed by atoms with Crippen molar-refractivity contribution in [2.24, 2.45) is 0 Å². The lowest BCUT2D eigenvalue weighted by molar-refractivity contribution is 0.0123. The molecule has 31 heavy (non-hydrogen) atoms. The highest BCUT2D eigenvalue weighted by atomic mass is 32.2. The van der Waals surface area contributed by atoms with Gasteiger partial charge >= 0.3 is 5.97 Å². The maximum atomic E-state index is 13.4. The van der Waals surface area contributed by atoms with Gasteiger partial charge in [-0.15, -0.1) is 0 Å². The average molecular weight is 453 g/mol. The number of anilines is 1. The van der Waals surface area contributed by atoms with Crippen LogP contribution in [0.2, 0.25) is 0 Å². The Hall–Kier alpha value is -2.52. The first kappa shape index (κ1) is 23.1. The number of sulfonamides is 1. The molecule has 0 bridgehead atoms. The normalized spacial score (nSPS) is 16.2. The molecule has 6 nitrogen and oxygen atoms in total. The van der Waals surface area contributed by atoms with E-state index >= 15 is 0 Å². The van der Waals surface area contributed by atoms with Crippen LogP contribution in [0, 0.1) is 0 Å². The third-order valence-electron chi connectivity index (χ3n) is 5.21. The number of ether oxygens (including phenoxy) is 1. The van der Waals surface area contributed by atoms with Crippen molar-refractivity contribution < 1.29 is 26.7 Å². The minimum absolute atomic E-state index is 0.0928. The molecule has 0 aliphatic carbocycles. The summed E-state index contributed by atoms with van der Waals surface area (Å²) >= 11 is 0. The summed E-state index contributed by atoms with van der Waals surface area (Å²) in [5.74, 6) is -3.30. The second kappa shape index (κ2) is 9.74. The third-order valence-corrected chi connectivity index (χ3v) is 7.02. The van der Waals surface area contributed by atoms with Gasteiger partial charge in [0.1, 0.15) is 0 Å². The van der Waals surface area contributed by atoms with Crippen LogP contribution >= 0.6 is 0 Å². The van der Waals surface area contributed by atoms with E-state index in [9.17, 15) is 22.0 Å². The Morgan fingerprint density at radius 2 is 1.81 bits per heavy atom. The number of nitrogens with zero attached hydrogens (tertiary/aromatic N) is 2. The lowest BCUT2D eigenvalue weighted by Crippen LogP contribution is -2.34. The number of likely N-dealkylation sites (tertiary alicyclic amines) is 1. The van der Waals surface area contributed by atoms with Crippen LogP contribution < -0.4 is 4.31 Å². The van der Waals surface area contributed by atoms with Gasteiger partial charge < -0.3 is 4.74 Å². The van der Waals surface area contributed by atoms with Crippen molar-refractivity contribution in [3.63, 3.8) is 0 Å². The van der Waals surface area contributed by atoms with Gasteiger partial charge in [0.2, 0.25) is 10.0 Å². The van der Waals surface area contributed by atoms with Crippen molar-refractivity contribution in [2.75, 3.05) is 36.8 Å². The van der Waals surface area contributed by atoms with Crippen molar-refractivity contribution >= 4 is 21.7 Å². The number of carbonyl (C=O) groups is 1. The van der Waals surface area contributed by atoms with Gasteiger partial charge in [-0.3, -0.25) is 9.21 Å². The average Bonchev–Trinajstić information content (AvgIpc) is 3.10. The fourth-order valence-corrected chi connectivity index (χ4v) is 5.06. The Kier molecular flexibility index (Phi) is 7.27. The highest BCUT2D eigenvalue weighted by molar-refractivity contribution is 7.92. The van der Waals surface area contributed by atoms with Crippen molar-refractivity contribution in [2.45, 2.75) is 25.3 Å². The van der Waals surface area contributed by atoms with E-state index in [1.807, 2.05) is 0 Å². The summed E-state index contributed by atoms with van der Waals surface area (Å²) in [6.45, 7) is 0.366. The Morgan fingerprint density at radius 1 is 1.13 bits per heavy atom. The van der Waals surface area contributed by atoms with Crippen molar-refractivity contribution in [1.29, 1.82) is 0 Å². The fraction of sp³-hybridized carbons (Fsp3) is 0.409. The predicted molar refractivity (Wildman–Crippen MR) is 115 cm³/mol. The van der Waals surface area contributed by atoms with Crippen LogP contribution in [-0.4, -0.2) is 57.7 Å². The molecule has 0 unspecified atom stereocenters. The molecule has 0 saturated carbocycles. The molecule has 3 rings (SSSR count). The summed E-state index contributed by atoms with van der Waals surface area (Å²) in [5.41, 5.74) is 1.61. The monoisotopic (exact) mass is 452 g/mol. The number of halogens is 2. The van der Waals surface area contributed by atoms with Crippen molar-refractivity contribution in [1.82, 2.24) is 4.90 Å². The van der Waals surface area contributed by atoms with Gasteiger partial charge in [-0.1, -0.05) is 30.3 Å². The molecule has 0 aromatic heterocycles. The van der Waals surface area contributed by atoms with E-state index in [1.54, 1.807) is 59.5 Å². The number of para-hydroxylation sites is 1. The molecule has 9 heteroatoms. The van der Waals surface area contributed by atoms with Crippen LogP contribution in [0.4, 0.5) is 14.5 Å². The molecule has 2 aromatic carbocycles. The Labute approximate surface area is 181 Å². The Morgan fingerprint density at radius 3 is 2.39 bits per heavy atom. The first-order chi connectivity index (χ1) is 14.7. The van der Waals surface area contributed by atoms with Gasteiger partial charge in [-0.25, -0.2) is 22.0 Å². The van der Waals surface area contributed by atoms with E-state index in [0.29, 0.717) is 23.4 Å². The highest BCUT2D eigenvalue weighted by Gasteiger charge is 2.37. The van der Waals surface area contributed by atoms with Gasteiger partial charge in [0, 0.05) is 13.0 Å². The molecule has 0 N–H and O–H groups in total. The molecule has 0 spiro atoms. The smallest absolute Gasteiger partial charge is 0.337 e. The molecule has 1 aliphatic rings. The third kappa shape index (κ3) is 6.24. The molecule has 0 amide bonds. The summed E-state index contributed by atoms with van der Waals surface area (Å²) < 4.78 is 59.0. The summed E-state index contributed by atoms with van der Waals surface area (Å²) in [4.78, 5) is 13.2. The van der Waals surface area contributed by atoms with Crippen molar-refractivity contribution in [3.8, 4) is 0 Å². The maximum absolute atomic E-state index is 13.4. The van der Waals surface area contributed by atoms with E-state index in [4.69, 9.17) is 0 Å². The zero-order valence-electron chi connectivity index (χ0n) is 17.3. The molecule has 1 heterocycles. The lowest BCUT2D eigenvalue weighted by Gasteiger charge is -2.25. The SMILES string of the molecule is COC(=O)c1ccc(CN(c2ccccc2)S(=O)(=O)CCCN2CCC(F)(F)C2)cc1. The van der Waals surface area contributed by atoms with Gasteiger partial charge in [-0.05, 0) is 42.8 Å². The van der Waals surface area contributed by atoms with E-state index in [2.05, 4.69) is 4.74 Å². The topological polar surface area (TPSA) is 66.9 Å². The highest BCUT2D eigenvalue weighted by Crippen LogP contribution is 2.27. The molecule has 2 aromatic rings. The molecule has 1 saturated heterocycles. The first-order valence-corrected chi connectivity index (χ1v) is 11.6. The van der Waals surface area contributed by atoms with Crippen molar-refractivity contribution in [3.05, 3.63) is 65.7 Å². The van der Waals surface area contributed by atoms with Crippen LogP contribution in [0.15, 0.2) is 54.6 Å². The summed E-state index contributed by atoms with van der Waals surface area (Å²) in [6, 6.07) is 15.3. The minimum atomic E-state index is -3.70. The number of hydrogen-bond acceptors (Lipinski definition) is 5. The number of esters is 1. The maximum Gasteiger partial charge on any atom is 0.337 e. The molecule has 0 radical (unpaired) electrons. The summed E-state index contributed by atoms with van der Waals surface area (Å²) in [6.07, 6.45) is 0.0838. The molecule has 1 fully saturated rings. The number of hydrogen-bond donors (Lipinski definition) is 0.